The summed E-state index contributed by atoms with van der Waals surface area (Å²) in [7, 11) is 0. The van der Waals surface area contributed by atoms with Crippen LogP contribution >= 0.6 is 0 Å². The summed E-state index contributed by atoms with van der Waals surface area (Å²) in [6, 6.07) is 5.50. The fraction of sp³-hybridized carbons (Fsp3) is 0.667. The van der Waals surface area contributed by atoms with E-state index < -0.39 is 0 Å². The molecule has 1 heterocycles. The molecular formula is C18H26FNO. The topological polar surface area (TPSA) is 21.3 Å². The maximum absolute atomic E-state index is 13.2. The monoisotopic (exact) mass is 291 g/mol. The second kappa shape index (κ2) is 6.78. The van der Waals surface area contributed by atoms with Gasteiger partial charge in [0.2, 0.25) is 0 Å². The molecule has 3 rings (SSSR count). The van der Waals surface area contributed by atoms with Crippen LogP contribution in [0.3, 0.4) is 0 Å². The van der Waals surface area contributed by atoms with E-state index in [9.17, 15) is 4.39 Å². The molecule has 2 atom stereocenters. The van der Waals surface area contributed by atoms with E-state index in [0.717, 1.165) is 36.6 Å². The normalized spacial score (nSPS) is 23.0. The van der Waals surface area contributed by atoms with E-state index in [1.165, 1.54) is 38.2 Å². The number of halogens is 1. The molecule has 0 amide bonds. The van der Waals surface area contributed by atoms with E-state index in [4.69, 9.17) is 4.74 Å². The first-order valence-corrected chi connectivity index (χ1v) is 8.44. The number of rotatable bonds is 6. The minimum absolute atomic E-state index is 0.158. The van der Waals surface area contributed by atoms with Gasteiger partial charge in [-0.1, -0.05) is 19.8 Å². The van der Waals surface area contributed by atoms with Gasteiger partial charge >= 0.3 is 0 Å². The molecule has 2 unspecified atom stereocenters. The van der Waals surface area contributed by atoms with E-state index in [-0.39, 0.29) is 11.9 Å². The predicted octanol–water partition coefficient (Wildman–Crippen LogP) is 4.08. The van der Waals surface area contributed by atoms with Crippen LogP contribution in [0, 0.1) is 11.7 Å². The van der Waals surface area contributed by atoms with Crippen molar-refractivity contribution in [2.45, 2.75) is 64.0 Å². The van der Waals surface area contributed by atoms with Crippen molar-refractivity contribution in [3.63, 3.8) is 0 Å². The number of hydrogen-bond acceptors (Lipinski definition) is 2. The minimum atomic E-state index is -0.158. The number of fused-ring (bicyclic) bond motifs is 1. The number of ether oxygens (including phenoxy) is 1. The Labute approximate surface area is 127 Å². The maximum atomic E-state index is 13.2. The van der Waals surface area contributed by atoms with Crippen LogP contribution in [-0.2, 0) is 6.42 Å². The lowest BCUT2D eigenvalue weighted by Gasteiger charge is -2.25. The molecule has 0 aromatic heterocycles. The van der Waals surface area contributed by atoms with Gasteiger partial charge in [-0.05, 0) is 56.3 Å². The molecule has 1 fully saturated rings. The third-order valence-electron chi connectivity index (χ3n) is 5.00. The van der Waals surface area contributed by atoms with Gasteiger partial charge in [-0.2, -0.15) is 0 Å². The summed E-state index contributed by atoms with van der Waals surface area (Å²) in [5.74, 6) is 1.56. The summed E-state index contributed by atoms with van der Waals surface area (Å²) in [6.07, 6.45) is 8.82. The Bertz CT molecular complexity index is 470. The molecule has 3 heteroatoms. The van der Waals surface area contributed by atoms with Crippen LogP contribution in [0.15, 0.2) is 18.2 Å². The Balaban J connectivity index is 1.53. The van der Waals surface area contributed by atoms with Gasteiger partial charge in [0.25, 0.3) is 0 Å². The Morgan fingerprint density at radius 3 is 2.90 bits per heavy atom. The van der Waals surface area contributed by atoms with Crippen LogP contribution in [0.2, 0.25) is 0 Å². The third kappa shape index (κ3) is 3.57. The van der Waals surface area contributed by atoms with Gasteiger partial charge < -0.3 is 10.1 Å². The first-order valence-electron chi connectivity index (χ1n) is 8.44. The third-order valence-corrected chi connectivity index (χ3v) is 5.00. The highest BCUT2D eigenvalue weighted by Gasteiger charge is 2.28. The van der Waals surface area contributed by atoms with Crippen LogP contribution in [0.5, 0.6) is 5.75 Å². The average molecular weight is 291 g/mol. The SMILES string of the molecule is CCNC(CCC1Cc2cc(F)ccc2O1)C1CCCC1. The van der Waals surface area contributed by atoms with Crippen LogP contribution in [0.4, 0.5) is 4.39 Å². The molecule has 1 aliphatic carbocycles. The summed E-state index contributed by atoms with van der Waals surface area (Å²) in [5.41, 5.74) is 1.03. The molecule has 1 aromatic rings. The highest BCUT2D eigenvalue weighted by Crippen LogP contribution is 2.33. The second-order valence-electron chi connectivity index (χ2n) is 6.48. The highest BCUT2D eigenvalue weighted by molar-refractivity contribution is 5.37. The molecule has 116 valence electrons. The standard InChI is InChI=1S/C18H26FNO/c1-2-20-17(13-5-3-4-6-13)9-8-16-12-14-11-15(19)7-10-18(14)21-16/h7,10-11,13,16-17,20H,2-6,8-9,12H2,1H3. The molecule has 0 radical (unpaired) electrons. The molecule has 1 saturated carbocycles. The van der Waals surface area contributed by atoms with Crippen molar-refractivity contribution in [2.75, 3.05) is 6.54 Å². The Morgan fingerprint density at radius 2 is 2.14 bits per heavy atom. The molecule has 0 bridgehead atoms. The summed E-state index contributed by atoms with van der Waals surface area (Å²) in [6.45, 7) is 3.23. The summed E-state index contributed by atoms with van der Waals surface area (Å²) >= 11 is 0. The Morgan fingerprint density at radius 1 is 1.33 bits per heavy atom. The van der Waals surface area contributed by atoms with Crippen LogP contribution in [0.1, 0.15) is 51.0 Å². The predicted molar refractivity (Wildman–Crippen MR) is 83.2 cm³/mol. The number of hydrogen-bond donors (Lipinski definition) is 1. The van der Waals surface area contributed by atoms with Gasteiger partial charge in [0, 0.05) is 18.0 Å². The lowest BCUT2D eigenvalue weighted by atomic mass is 9.92. The van der Waals surface area contributed by atoms with Crippen LogP contribution in [0.25, 0.3) is 0 Å². The molecular weight excluding hydrogens is 265 g/mol. The molecule has 0 spiro atoms. The lowest BCUT2D eigenvalue weighted by Crippen LogP contribution is -2.36. The van der Waals surface area contributed by atoms with Gasteiger partial charge in [-0.3, -0.25) is 0 Å². The van der Waals surface area contributed by atoms with Gasteiger partial charge in [0.05, 0.1) is 0 Å². The fourth-order valence-corrected chi connectivity index (χ4v) is 3.94. The van der Waals surface area contributed by atoms with Crippen molar-refractivity contribution in [3.8, 4) is 5.75 Å². The second-order valence-corrected chi connectivity index (χ2v) is 6.48. The number of nitrogens with one attached hydrogen (secondary N) is 1. The van der Waals surface area contributed by atoms with E-state index >= 15 is 0 Å². The average Bonchev–Trinajstić information content (AvgIpc) is 3.12. The Kier molecular flexibility index (Phi) is 4.79. The van der Waals surface area contributed by atoms with Crippen molar-refractivity contribution >= 4 is 0 Å². The fourth-order valence-electron chi connectivity index (χ4n) is 3.94. The largest absolute Gasteiger partial charge is 0.490 e. The zero-order valence-corrected chi connectivity index (χ0v) is 12.9. The van der Waals surface area contributed by atoms with E-state index in [1.807, 2.05) is 0 Å². The van der Waals surface area contributed by atoms with Crippen molar-refractivity contribution in [2.24, 2.45) is 5.92 Å². The van der Waals surface area contributed by atoms with Gasteiger partial charge in [0.1, 0.15) is 17.7 Å². The first kappa shape index (κ1) is 14.8. The molecule has 2 aliphatic rings. The maximum Gasteiger partial charge on any atom is 0.123 e. The number of benzene rings is 1. The Hall–Kier alpha value is -1.09. The first-order chi connectivity index (χ1) is 10.3. The summed E-state index contributed by atoms with van der Waals surface area (Å²) in [4.78, 5) is 0. The van der Waals surface area contributed by atoms with Gasteiger partial charge in [-0.15, -0.1) is 0 Å². The summed E-state index contributed by atoms with van der Waals surface area (Å²) < 4.78 is 19.2. The lowest BCUT2D eigenvalue weighted by molar-refractivity contribution is 0.201. The van der Waals surface area contributed by atoms with Crippen molar-refractivity contribution in [1.82, 2.24) is 5.32 Å². The molecule has 1 aromatic carbocycles. The molecule has 0 saturated heterocycles. The van der Waals surface area contributed by atoms with E-state index in [0.29, 0.717) is 6.04 Å². The van der Waals surface area contributed by atoms with Crippen molar-refractivity contribution in [1.29, 1.82) is 0 Å². The quantitative estimate of drug-likeness (QED) is 0.853. The highest BCUT2D eigenvalue weighted by atomic mass is 19.1. The molecule has 21 heavy (non-hydrogen) atoms. The molecule has 1 N–H and O–H groups in total. The van der Waals surface area contributed by atoms with E-state index in [1.54, 1.807) is 12.1 Å². The molecule has 1 aliphatic heterocycles. The van der Waals surface area contributed by atoms with E-state index in [2.05, 4.69) is 12.2 Å². The zero-order chi connectivity index (χ0) is 14.7. The van der Waals surface area contributed by atoms with Gasteiger partial charge in [0.15, 0.2) is 0 Å². The van der Waals surface area contributed by atoms with Crippen LogP contribution in [-0.4, -0.2) is 18.7 Å². The summed E-state index contributed by atoms with van der Waals surface area (Å²) in [5, 5.41) is 3.66. The smallest absolute Gasteiger partial charge is 0.123 e. The zero-order valence-electron chi connectivity index (χ0n) is 12.9. The van der Waals surface area contributed by atoms with Crippen molar-refractivity contribution < 1.29 is 9.13 Å². The van der Waals surface area contributed by atoms with Gasteiger partial charge in [-0.25, -0.2) is 4.39 Å². The molecule has 2 nitrogen and oxygen atoms in total. The van der Waals surface area contributed by atoms with Crippen LogP contribution < -0.4 is 10.1 Å². The minimum Gasteiger partial charge on any atom is -0.490 e. The van der Waals surface area contributed by atoms with Crippen molar-refractivity contribution in [3.05, 3.63) is 29.6 Å².